The lowest BCUT2D eigenvalue weighted by Gasteiger charge is -2.28. The number of hydrogen-bond donors (Lipinski definition) is 1. The van der Waals surface area contributed by atoms with Crippen LogP contribution in [0.15, 0.2) is 12.3 Å². The van der Waals surface area contributed by atoms with E-state index >= 15 is 0 Å². The SMILES string of the molecule is CCN(CC(C)(C)O)C(=O)c1cc([N+](=O)[O-])cn1C1CC1. The number of likely N-dealkylation sites (N-methyl/N-ethyl adjacent to an activating group) is 1. The highest BCUT2D eigenvalue weighted by atomic mass is 16.6. The van der Waals surface area contributed by atoms with Gasteiger partial charge in [-0.2, -0.15) is 0 Å². The van der Waals surface area contributed by atoms with Crippen molar-refractivity contribution in [1.29, 1.82) is 0 Å². The Labute approximate surface area is 123 Å². The molecule has 1 saturated carbocycles. The van der Waals surface area contributed by atoms with Crippen molar-refractivity contribution in [2.45, 2.75) is 45.3 Å². The van der Waals surface area contributed by atoms with E-state index in [0.717, 1.165) is 12.8 Å². The predicted octanol–water partition coefficient (Wildman–Crippen LogP) is 1.96. The van der Waals surface area contributed by atoms with Crippen LogP contribution >= 0.6 is 0 Å². The van der Waals surface area contributed by atoms with Crippen molar-refractivity contribution >= 4 is 11.6 Å². The molecule has 7 heteroatoms. The molecule has 0 radical (unpaired) electrons. The summed E-state index contributed by atoms with van der Waals surface area (Å²) in [4.78, 5) is 24.6. The summed E-state index contributed by atoms with van der Waals surface area (Å²) in [5, 5.41) is 20.8. The molecule has 116 valence electrons. The summed E-state index contributed by atoms with van der Waals surface area (Å²) in [6.07, 6.45) is 3.30. The van der Waals surface area contributed by atoms with Gasteiger partial charge in [0.05, 0.1) is 16.7 Å². The molecule has 1 amide bonds. The maximum absolute atomic E-state index is 12.6. The van der Waals surface area contributed by atoms with Gasteiger partial charge in [-0.3, -0.25) is 14.9 Å². The normalized spacial score (nSPS) is 15.0. The van der Waals surface area contributed by atoms with Crippen LogP contribution in [0.25, 0.3) is 0 Å². The first-order chi connectivity index (χ1) is 9.73. The van der Waals surface area contributed by atoms with E-state index in [2.05, 4.69) is 0 Å². The van der Waals surface area contributed by atoms with Gasteiger partial charge in [0.25, 0.3) is 11.6 Å². The number of hydrogen-bond acceptors (Lipinski definition) is 4. The summed E-state index contributed by atoms with van der Waals surface area (Å²) in [5.74, 6) is -0.278. The second kappa shape index (κ2) is 5.48. The van der Waals surface area contributed by atoms with Crippen LogP contribution in [0.5, 0.6) is 0 Å². The van der Waals surface area contributed by atoms with Crippen molar-refractivity contribution < 1.29 is 14.8 Å². The van der Waals surface area contributed by atoms with E-state index in [1.165, 1.54) is 17.2 Å². The Morgan fingerprint density at radius 3 is 2.62 bits per heavy atom. The molecule has 2 rings (SSSR count). The Morgan fingerprint density at radius 1 is 1.57 bits per heavy atom. The standard InChI is InChI=1S/C14H21N3O4/c1-4-15(9-14(2,3)19)13(18)12-7-11(17(20)21)8-16(12)10-5-6-10/h7-8,10,19H,4-6,9H2,1-3H3. The van der Waals surface area contributed by atoms with E-state index in [1.54, 1.807) is 18.4 Å². The summed E-state index contributed by atoms with van der Waals surface area (Å²) >= 11 is 0. The molecule has 0 saturated heterocycles. The van der Waals surface area contributed by atoms with Gasteiger partial charge in [0.1, 0.15) is 5.69 Å². The molecule has 1 aliphatic carbocycles. The van der Waals surface area contributed by atoms with Gasteiger partial charge >= 0.3 is 0 Å². The Morgan fingerprint density at radius 2 is 2.19 bits per heavy atom. The van der Waals surface area contributed by atoms with Gasteiger partial charge in [-0.15, -0.1) is 0 Å². The van der Waals surface area contributed by atoms with Crippen molar-refractivity contribution in [3.63, 3.8) is 0 Å². The first-order valence-corrected chi connectivity index (χ1v) is 7.11. The van der Waals surface area contributed by atoms with Gasteiger partial charge in [0.15, 0.2) is 0 Å². The molecule has 0 atom stereocenters. The number of carbonyl (C=O) groups excluding carboxylic acids is 1. The van der Waals surface area contributed by atoms with E-state index in [-0.39, 0.29) is 24.2 Å². The number of nitrogens with zero attached hydrogens (tertiary/aromatic N) is 3. The van der Waals surface area contributed by atoms with Crippen LogP contribution in [0.2, 0.25) is 0 Å². The summed E-state index contributed by atoms with van der Waals surface area (Å²) < 4.78 is 1.70. The largest absolute Gasteiger partial charge is 0.389 e. The Bertz CT molecular complexity index is 555. The fourth-order valence-electron chi connectivity index (χ4n) is 2.35. The fraction of sp³-hybridized carbons (Fsp3) is 0.643. The van der Waals surface area contributed by atoms with Crippen LogP contribution in [0.4, 0.5) is 5.69 Å². The van der Waals surface area contributed by atoms with Crippen molar-refractivity contribution in [3.05, 3.63) is 28.1 Å². The molecule has 0 spiro atoms. The lowest BCUT2D eigenvalue weighted by atomic mass is 10.1. The number of amides is 1. The van der Waals surface area contributed by atoms with E-state index in [0.29, 0.717) is 12.2 Å². The second-order valence-corrected chi connectivity index (χ2v) is 6.11. The predicted molar refractivity (Wildman–Crippen MR) is 77.2 cm³/mol. The van der Waals surface area contributed by atoms with E-state index in [1.807, 2.05) is 6.92 Å². The van der Waals surface area contributed by atoms with Crippen LogP contribution < -0.4 is 0 Å². The molecular formula is C14H21N3O4. The van der Waals surface area contributed by atoms with Crippen LogP contribution in [0.1, 0.15) is 50.1 Å². The molecule has 1 aliphatic rings. The van der Waals surface area contributed by atoms with Gasteiger partial charge in [-0.05, 0) is 33.6 Å². The zero-order chi connectivity index (χ0) is 15.8. The number of rotatable bonds is 6. The van der Waals surface area contributed by atoms with Gasteiger partial charge < -0.3 is 14.6 Å². The number of aliphatic hydroxyl groups is 1. The lowest BCUT2D eigenvalue weighted by molar-refractivity contribution is -0.384. The zero-order valence-corrected chi connectivity index (χ0v) is 12.6. The smallest absolute Gasteiger partial charge is 0.287 e. The van der Waals surface area contributed by atoms with Crippen LogP contribution in [-0.2, 0) is 0 Å². The highest BCUT2D eigenvalue weighted by Crippen LogP contribution is 2.38. The molecule has 0 unspecified atom stereocenters. The summed E-state index contributed by atoms with van der Waals surface area (Å²) in [5.41, 5.74) is -0.742. The topological polar surface area (TPSA) is 88.6 Å². The third-order valence-electron chi connectivity index (χ3n) is 3.45. The highest BCUT2D eigenvalue weighted by Gasteiger charge is 2.32. The van der Waals surface area contributed by atoms with Gasteiger partial charge in [-0.25, -0.2) is 0 Å². The van der Waals surface area contributed by atoms with Crippen LogP contribution in [0, 0.1) is 10.1 Å². The molecule has 0 aromatic carbocycles. The summed E-state index contributed by atoms with van der Waals surface area (Å²) in [6.45, 7) is 5.71. The minimum atomic E-state index is -1.01. The average Bonchev–Trinajstić information content (AvgIpc) is 3.12. The Balaban J connectivity index is 2.30. The molecule has 1 fully saturated rings. The number of nitro groups is 1. The second-order valence-electron chi connectivity index (χ2n) is 6.11. The first kappa shape index (κ1) is 15.5. The van der Waals surface area contributed by atoms with Crippen molar-refractivity contribution in [3.8, 4) is 0 Å². The van der Waals surface area contributed by atoms with Crippen LogP contribution in [0.3, 0.4) is 0 Å². The lowest BCUT2D eigenvalue weighted by Crippen LogP contribution is -2.42. The quantitative estimate of drug-likeness (QED) is 0.642. The summed E-state index contributed by atoms with van der Waals surface area (Å²) in [6, 6.07) is 1.51. The maximum atomic E-state index is 12.6. The van der Waals surface area contributed by atoms with Crippen LogP contribution in [-0.4, -0.2) is 44.1 Å². The zero-order valence-electron chi connectivity index (χ0n) is 12.6. The van der Waals surface area contributed by atoms with E-state index in [9.17, 15) is 20.0 Å². The van der Waals surface area contributed by atoms with E-state index < -0.39 is 10.5 Å². The maximum Gasteiger partial charge on any atom is 0.287 e. The van der Waals surface area contributed by atoms with Crippen molar-refractivity contribution in [2.24, 2.45) is 0 Å². The number of aromatic nitrogens is 1. The third-order valence-corrected chi connectivity index (χ3v) is 3.45. The molecule has 1 heterocycles. The Hall–Kier alpha value is -1.89. The molecule has 0 bridgehead atoms. The first-order valence-electron chi connectivity index (χ1n) is 7.11. The molecule has 1 N–H and O–H groups in total. The van der Waals surface area contributed by atoms with Crippen molar-refractivity contribution in [2.75, 3.05) is 13.1 Å². The Kier molecular flexibility index (Phi) is 4.04. The van der Waals surface area contributed by atoms with E-state index in [4.69, 9.17) is 0 Å². The molecule has 1 aromatic rings. The average molecular weight is 295 g/mol. The molecule has 0 aliphatic heterocycles. The fourth-order valence-corrected chi connectivity index (χ4v) is 2.35. The van der Waals surface area contributed by atoms with Gasteiger partial charge in [0.2, 0.25) is 0 Å². The minimum Gasteiger partial charge on any atom is -0.389 e. The molecule has 21 heavy (non-hydrogen) atoms. The van der Waals surface area contributed by atoms with Gasteiger partial charge in [-0.1, -0.05) is 0 Å². The van der Waals surface area contributed by atoms with Crippen molar-refractivity contribution in [1.82, 2.24) is 9.47 Å². The molecule has 7 nitrogen and oxygen atoms in total. The molecule has 1 aromatic heterocycles. The number of carbonyl (C=O) groups is 1. The van der Waals surface area contributed by atoms with Gasteiger partial charge in [0, 0.05) is 25.2 Å². The monoisotopic (exact) mass is 295 g/mol. The minimum absolute atomic E-state index is 0.0652. The summed E-state index contributed by atoms with van der Waals surface area (Å²) in [7, 11) is 0. The molecular weight excluding hydrogens is 274 g/mol. The highest BCUT2D eigenvalue weighted by molar-refractivity contribution is 5.93. The third kappa shape index (κ3) is 3.60.